The zero-order chi connectivity index (χ0) is 10.6. The van der Waals surface area contributed by atoms with E-state index in [4.69, 9.17) is 9.84 Å². The van der Waals surface area contributed by atoms with Crippen molar-refractivity contribution in [3.8, 4) is 5.75 Å². The molecule has 0 aliphatic carbocycles. The molecule has 4 heteroatoms. The first-order chi connectivity index (χ1) is 6.58. The predicted octanol–water partition coefficient (Wildman–Crippen LogP) is 1.50. The lowest BCUT2D eigenvalue weighted by atomic mass is 10.2. The second-order valence-corrected chi connectivity index (χ2v) is 3.27. The van der Waals surface area contributed by atoms with E-state index < -0.39 is 5.97 Å². The second-order valence-electron chi connectivity index (χ2n) is 3.27. The van der Waals surface area contributed by atoms with Crippen molar-refractivity contribution in [1.29, 1.82) is 0 Å². The van der Waals surface area contributed by atoms with Crippen LogP contribution in [0.15, 0.2) is 18.5 Å². The number of rotatable bonds is 4. The minimum absolute atomic E-state index is 0.0255. The van der Waals surface area contributed by atoms with Crippen molar-refractivity contribution in [3.05, 3.63) is 24.0 Å². The van der Waals surface area contributed by atoms with Gasteiger partial charge in [-0.2, -0.15) is 0 Å². The van der Waals surface area contributed by atoms with Gasteiger partial charge in [0.15, 0.2) is 0 Å². The Morgan fingerprint density at radius 3 is 2.86 bits per heavy atom. The molecule has 1 aromatic heterocycles. The van der Waals surface area contributed by atoms with Crippen molar-refractivity contribution >= 4 is 5.97 Å². The van der Waals surface area contributed by atoms with E-state index in [1.165, 1.54) is 6.20 Å². The highest BCUT2D eigenvalue weighted by atomic mass is 16.5. The Labute approximate surface area is 82.5 Å². The largest absolute Gasteiger partial charge is 0.489 e. The van der Waals surface area contributed by atoms with E-state index in [9.17, 15) is 4.79 Å². The minimum Gasteiger partial charge on any atom is -0.489 e. The number of carboxylic acid groups (broad SMARTS) is 1. The molecule has 1 aromatic rings. The molecule has 0 spiro atoms. The van der Waals surface area contributed by atoms with E-state index in [-0.39, 0.29) is 12.5 Å². The number of aromatic nitrogens is 1. The van der Waals surface area contributed by atoms with Crippen LogP contribution < -0.4 is 4.74 Å². The number of carboxylic acids is 1. The Hall–Kier alpha value is -1.58. The van der Waals surface area contributed by atoms with Crippen LogP contribution in [0, 0.1) is 0 Å². The molecule has 0 saturated carbocycles. The maximum absolute atomic E-state index is 10.4. The van der Waals surface area contributed by atoms with Crippen molar-refractivity contribution in [2.45, 2.75) is 26.4 Å². The van der Waals surface area contributed by atoms with Crippen molar-refractivity contribution in [1.82, 2.24) is 4.98 Å². The van der Waals surface area contributed by atoms with Gasteiger partial charge in [-0.3, -0.25) is 9.78 Å². The van der Waals surface area contributed by atoms with Gasteiger partial charge in [0.25, 0.3) is 0 Å². The quantitative estimate of drug-likeness (QED) is 0.790. The molecule has 1 N–H and O–H groups in total. The summed E-state index contributed by atoms with van der Waals surface area (Å²) in [5.41, 5.74) is 0.649. The van der Waals surface area contributed by atoms with Crippen LogP contribution in [0.5, 0.6) is 5.75 Å². The average molecular weight is 195 g/mol. The SMILES string of the molecule is CC(C)Oc1cncc(CC(=O)O)c1. The molecule has 0 saturated heterocycles. The molecule has 0 fully saturated rings. The van der Waals surface area contributed by atoms with Gasteiger partial charge in [0, 0.05) is 6.20 Å². The van der Waals surface area contributed by atoms with Gasteiger partial charge in [-0.05, 0) is 25.5 Å². The Bertz CT molecular complexity index is 323. The van der Waals surface area contributed by atoms with Crippen LogP contribution in [-0.2, 0) is 11.2 Å². The van der Waals surface area contributed by atoms with E-state index in [1.54, 1.807) is 12.3 Å². The molecule has 0 bridgehead atoms. The standard InChI is InChI=1S/C10H13NO3/c1-7(2)14-9-3-8(4-10(12)13)5-11-6-9/h3,5-7H,4H2,1-2H3,(H,12,13). The molecular weight excluding hydrogens is 182 g/mol. The molecular formula is C10H13NO3. The van der Waals surface area contributed by atoms with E-state index in [2.05, 4.69) is 4.98 Å². The molecule has 76 valence electrons. The van der Waals surface area contributed by atoms with Gasteiger partial charge in [-0.1, -0.05) is 0 Å². The topological polar surface area (TPSA) is 59.4 Å². The Balaban J connectivity index is 2.73. The molecule has 0 radical (unpaired) electrons. The summed E-state index contributed by atoms with van der Waals surface area (Å²) in [7, 11) is 0. The number of carbonyl (C=O) groups is 1. The molecule has 0 aliphatic heterocycles. The summed E-state index contributed by atoms with van der Waals surface area (Å²) in [5.74, 6) is -0.257. The van der Waals surface area contributed by atoms with Gasteiger partial charge in [0.05, 0.1) is 18.7 Å². The van der Waals surface area contributed by atoms with E-state index >= 15 is 0 Å². The zero-order valence-corrected chi connectivity index (χ0v) is 8.23. The molecule has 0 unspecified atom stereocenters. The third-order valence-corrected chi connectivity index (χ3v) is 1.50. The Kier molecular flexibility index (Phi) is 3.45. The van der Waals surface area contributed by atoms with Gasteiger partial charge in [-0.15, -0.1) is 0 Å². The average Bonchev–Trinajstić information content (AvgIpc) is 2.01. The van der Waals surface area contributed by atoms with E-state index in [1.807, 2.05) is 13.8 Å². The van der Waals surface area contributed by atoms with Crippen molar-refractivity contribution in [3.63, 3.8) is 0 Å². The van der Waals surface area contributed by atoms with Crippen LogP contribution in [0.3, 0.4) is 0 Å². The first-order valence-electron chi connectivity index (χ1n) is 4.40. The third kappa shape index (κ3) is 3.43. The first-order valence-corrected chi connectivity index (χ1v) is 4.40. The van der Waals surface area contributed by atoms with Gasteiger partial charge in [0.1, 0.15) is 5.75 Å². The van der Waals surface area contributed by atoms with E-state index in [0.29, 0.717) is 11.3 Å². The monoisotopic (exact) mass is 195 g/mol. The molecule has 1 rings (SSSR count). The number of nitrogens with zero attached hydrogens (tertiary/aromatic N) is 1. The lowest BCUT2D eigenvalue weighted by molar-refractivity contribution is -0.136. The smallest absolute Gasteiger partial charge is 0.307 e. The lowest BCUT2D eigenvalue weighted by Crippen LogP contribution is -2.07. The van der Waals surface area contributed by atoms with Gasteiger partial charge < -0.3 is 9.84 Å². The van der Waals surface area contributed by atoms with Crippen LogP contribution in [0.1, 0.15) is 19.4 Å². The summed E-state index contributed by atoms with van der Waals surface area (Å²) in [6.07, 6.45) is 3.14. The summed E-state index contributed by atoms with van der Waals surface area (Å²) < 4.78 is 5.38. The third-order valence-electron chi connectivity index (χ3n) is 1.50. The zero-order valence-electron chi connectivity index (χ0n) is 8.23. The van der Waals surface area contributed by atoms with E-state index in [0.717, 1.165) is 0 Å². The van der Waals surface area contributed by atoms with Crippen LogP contribution in [0.25, 0.3) is 0 Å². The summed E-state index contributed by atoms with van der Waals surface area (Å²) >= 11 is 0. The lowest BCUT2D eigenvalue weighted by Gasteiger charge is -2.09. The fourth-order valence-corrected chi connectivity index (χ4v) is 1.07. The second kappa shape index (κ2) is 4.60. The predicted molar refractivity (Wildman–Crippen MR) is 51.3 cm³/mol. The minimum atomic E-state index is -0.867. The van der Waals surface area contributed by atoms with Crippen LogP contribution >= 0.6 is 0 Å². The van der Waals surface area contributed by atoms with Crippen LogP contribution in [-0.4, -0.2) is 22.2 Å². The van der Waals surface area contributed by atoms with Crippen molar-refractivity contribution in [2.75, 3.05) is 0 Å². The molecule has 14 heavy (non-hydrogen) atoms. The molecule has 0 aromatic carbocycles. The van der Waals surface area contributed by atoms with Gasteiger partial charge in [0.2, 0.25) is 0 Å². The summed E-state index contributed by atoms with van der Waals surface area (Å²) in [4.78, 5) is 14.3. The normalized spacial score (nSPS) is 10.2. The highest BCUT2D eigenvalue weighted by molar-refractivity contribution is 5.70. The Morgan fingerprint density at radius 1 is 1.57 bits per heavy atom. The van der Waals surface area contributed by atoms with Gasteiger partial charge in [-0.25, -0.2) is 0 Å². The molecule has 1 heterocycles. The number of ether oxygens (including phenoxy) is 1. The molecule has 0 aliphatic rings. The summed E-state index contributed by atoms with van der Waals surface area (Å²) in [6.45, 7) is 3.81. The summed E-state index contributed by atoms with van der Waals surface area (Å²) in [5, 5.41) is 8.57. The molecule has 0 amide bonds. The van der Waals surface area contributed by atoms with Crippen molar-refractivity contribution < 1.29 is 14.6 Å². The number of hydrogen-bond acceptors (Lipinski definition) is 3. The molecule has 4 nitrogen and oxygen atoms in total. The first kappa shape index (κ1) is 10.5. The fourth-order valence-electron chi connectivity index (χ4n) is 1.07. The Morgan fingerprint density at radius 2 is 2.29 bits per heavy atom. The van der Waals surface area contributed by atoms with Gasteiger partial charge >= 0.3 is 5.97 Å². The highest BCUT2D eigenvalue weighted by Crippen LogP contribution is 2.13. The number of hydrogen-bond donors (Lipinski definition) is 1. The van der Waals surface area contributed by atoms with Crippen LogP contribution in [0.4, 0.5) is 0 Å². The number of pyridine rings is 1. The van der Waals surface area contributed by atoms with Crippen molar-refractivity contribution in [2.24, 2.45) is 0 Å². The number of aliphatic carboxylic acids is 1. The fraction of sp³-hybridized carbons (Fsp3) is 0.400. The molecule has 0 atom stereocenters. The van der Waals surface area contributed by atoms with Crippen LogP contribution in [0.2, 0.25) is 0 Å². The maximum atomic E-state index is 10.4. The highest BCUT2D eigenvalue weighted by Gasteiger charge is 2.03. The maximum Gasteiger partial charge on any atom is 0.307 e. The summed E-state index contributed by atoms with van der Waals surface area (Å²) in [6, 6.07) is 1.70.